The van der Waals surface area contributed by atoms with Crippen molar-refractivity contribution in [2.75, 3.05) is 52.9 Å². The van der Waals surface area contributed by atoms with E-state index in [1.54, 1.807) is 0 Å². The lowest BCUT2D eigenvalue weighted by Crippen LogP contribution is -2.21. The number of unbranched alkanes of at least 4 members (excludes halogenated alkanes) is 2. The van der Waals surface area contributed by atoms with Crippen LogP contribution in [-0.4, -0.2) is 64.8 Å². The fourth-order valence-electron chi connectivity index (χ4n) is 1.43. The van der Waals surface area contributed by atoms with Gasteiger partial charge < -0.3 is 23.7 Å². The van der Waals surface area contributed by atoms with Crippen molar-refractivity contribution in [3.8, 4) is 0 Å². The molecule has 0 atom stereocenters. The molecule has 0 amide bonds. The topological polar surface area (TPSA) is 80.3 Å². The van der Waals surface area contributed by atoms with Gasteiger partial charge in [-0.1, -0.05) is 26.7 Å². The van der Waals surface area contributed by atoms with Crippen LogP contribution in [0.3, 0.4) is 0 Å². The third-order valence-corrected chi connectivity index (χ3v) is 2.71. The molecule has 7 heteroatoms. The van der Waals surface area contributed by atoms with Crippen LogP contribution in [0.1, 0.15) is 39.5 Å². The number of carbonyl (C=O) groups excluding carboxylic acids is 2. The fraction of sp³-hybridized carbons (Fsp3) is 0.875. The lowest BCUT2D eigenvalue weighted by atomic mass is 10.4. The summed E-state index contributed by atoms with van der Waals surface area (Å²) in [5, 5.41) is 0. The highest BCUT2D eigenvalue weighted by Gasteiger charge is 2.07. The standard InChI is InChI=1S/C16H30O7/c1-3-5-7-19-9-11-22-15(17)13-21-14-16(18)23-12-10-20-8-6-4-2/h3-14H2,1-2H3. The maximum absolute atomic E-state index is 11.3. The van der Waals surface area contributed by atoms with Crippen LogP contribution in [-0.2, 0) is 33.3 Å². The first-order valence-corrected chi connectivity index (χ1v) is 8.25. The highest BCUT2D eigenvalue weighted by Crippen LogP contribution is 1.90. The van der Waals surface area contributed by atoms with Gasteiger partial charge in [0.15, 0.2) is 0 Å². The fourth-order valence-corrected chi connectivity index (χ4v) is 1.43. The predicted octanol–water partition coefficient (Wildman–Crippen LogP) is 1.72. The van der Waals surface area contributed by atoms with E-state index < -0.39 is 11.9 Å². The van der Waals surface area contributed by atoms with E-state index in [9.17, 15) is 9.59 Å². The number of ether oxygens (including phenoxy) is 5. The number of carbonyl (C=O) groups is 2. The number of hydrogen-bond donors (Lipinski definition) is 0. The number of esters is 2. The van der Waals surface area contributed by atoms with E-state index in [0.717, 1.165) is 25.7 Å². The van der Waals surface area contributed by atoms with Crippen LogP contribution in [0.5, 0.6) is 0 Å². The van der Waals surface area contributed by atoms with Gasteiger partial charge in [0.1, 0.15) is 26.4 Å². The van der Waals surface area contributed by atoms with Crippen molar-refractivity contribution in [3.05, 3.63) is 0 Å². The Morgan fingerprint density at radius 1 is 0.609 bits per heavy atom. The van der Waals surface area contributed by atoms with Gasteiger partial charge in [-0.25, -0.2) is 9.59 Å². The van der Waals surface area contributed by atoms with E-state index in [2.05, 4.69) is 13.8 Å². The highest BCUT2D eigenvalue weighted by molar-refractivity contribution is 5.73. The minimum Gasteiger partial charge on any atom is -0.462 e. The first kappa shape index (κ1) is 21.8. The Bertz CT molecular complexity index is 266. The summed E-state index contributed by atoms with van der Waals surface area (Å²) in [6, 6.07) is 0. The molecule has 0 N–H and O–H groups in total. The third kappa shape index (κ3) is 17.0. The molecule has 0 aliphatic rings. The van der Waals surface area contributed by atoms with Crippen LogP contribution in [0.4, 0.5) is 0 Å². The zero-order chi connectivity index (χ0) is 17.2. The Kier molecular flexibility index (Phi) is 16.3. The average molecular weight is 334 g/mol. The van der Waals surface area contributed by atoms with Crippen molar-refractivity contribution in [1.82, 2.24) is 0 Å². The van der Waals surface area contributed by atoms with Gasteiger partial charge in [0.05, 0.1) is 13.2 Å². The van der Waals surface area contributed by atoms with Crippen LogP contribution in [0.25, 0.3) is 0 Å². The normalized spacial score (nSPS) is 10.5. The van der Waals surface area contributed by atoms with Crippen molar-refractivity contribution >= 4 is 11.9 Å². The van der Waals surface area contributed by atoms with E-state index in [1.807, 2.05) is 0 Å². The van der Waals surface area contributed by atoms with E-state index in [-0.39, 0.29) is 26.4 Å². The van der Waals surface area contributed by atoms with Crippen molar-refractivity contribution < 1.29 is 33.3 Å². The van der Waals surface area contributed by atoms with Crippen LogP contribution in [0, 0.1) is 0 Å². The van der Waals surface area contributed by atoms with Gasteiger partial charge in [-0.05, 0) is 12.8 Å². The van der Waals surface area contributed by atoms with Gasteiger partial charge in [0.2, 0.25) is 0 Å². The van der Waals surface area contributed by atoms with Crippen molar-refractivity contribution in [3.63, 3.8) is 0 Å². The molecule has 0 heterocycles. The van der Waals surface area contributed by atoms with Gasteiger partial charge >= 0.3 is 11.9 Å². The second kappa shape index (κ2) is 17.2. The first-order chi connectivity index (χ1) is 11.2. The highest BCUT2D eigenvalue weighted by atomic mass is 16.6. The molecule has 0 radical (unpaired) electrons. The lowest BCUT2D eigenvalue weighted by Gasteiger charge is -2.07. The summed E-state index contributed by atoms with van der Waals surface area (Å²) in [5.41, 5.74) is 0. The largest absolute Gasteiger partial charge is 0.462 e. The predicted molar refractivity (Wildman–Crippen MR) is 84.2 cm³/mol. The molecular weight excluding hydrogens is 304 g/mol. The van der Waals surface area contributed by atoms with Crippen LogP contribution in [0.15, 0.2) is 0 Å². The van der Waals surface area contributed by atoms with Gasteiger partial charge in [-0.2, -0.15) is 0 Å². The smallest absolute Gasteiger partial charge is 0.332 e. The molecule has 136 valence electrons. The Morgan fingerprint density at radius 3 is 1.43 bits per heavy atom. The molecule has 0 aromatic carbocycles. The Morgan fingerprint density at radius 2 is 1.04 bits per heavy atom. The summed E-state index contributed by atoms with van der Waals surface area (Å²) >= 11 is 0. The van der Waals surface area contributed by atoms with Gasteiger partial charge in [-0.3, -0.25) is 0 Å². The van der Waals surface area contributed by atoms with Crippen molar-refractivity contribution in [2.24, 2.45) is 0 Å². The maximum atomic E-state index is 11.3. The molecule has 0 aromatic heterocycles. The summed E-state index contributed by atoms with van der Waals surface area (Å²) < 4.78 is 25.2. The van der Waals surface area contributed by atoms with Crippen LogP contribution >= 0.6 is 0 Å². The molecule has 0 rings (SSSR count). The summed E-state index contributed by atoms with van der Waals surface area (Å²) in [5.74, 6) is -1.06. The molecule has 0 saturated heterocycles. The van der Waals surface area contributed by atoms with Gasteiger partial charge in [0, 0.05) is 13.2 Å². The molecule has 0 aliphatic carbocycles. The van der Waals surface area contributed by atoms with E-state index >= 15 is 0 Å². The average Bonchev–Trinajstić information content (AvgIpc) is 2.54. The zero-order valence-corrected chi connectivity index (χ0v) is 14.3. The van der Waals surface area contributed by atoms with E-state index in [4.69, 9.17) is 23.7 Å². The van der Waals surface area contributed by atoms with Crippen molar-refractivity contribution in [1.29, 1.82) is 0 Å². The monoisotopic (exact) mass is 334 g/mol. The molecule has 0 spiro atoms. The summed E-state index contributed by atoms with van der Waals surface area (Å²) in [6.07, 6.45) is 4.11. The second-order valence-corrected chi connectivity index (χ2v) is 4.87. The Balaban J connectivity index is 3.33. The summed E-state index contributed by atoms with van der Waals surface area (Å²) in [7, 11) is 0. The Labute approximate surface area is 138 Å². The SMILES string of the molecule is CCCCOCCOC(=O)COCC(=O)OCCOCCCC. The van der Waals surface area contributed by atoms with E-state index in [1.165, 1.54) is 0 Å². The molecular formula is C16H30O7. The van der Waals surface area contributed by atoms with E-state index in [0.29, 0.717) is 26.4 Å². The lowest BCUT2D eigenvalue weighted by molar-refractivity contribution is -0.157. The minimum atomic E-state index is -0.528. The minimum absolute atomic E-state index is 0.186. The zero-order valence-electron chi connectivity index (χ0n) is 14.3. The number of rotatable bonds is 16. The molecule has 0 aliphatic heterocycles. The third-order valence-electron chi connectivity index (χ3n) is 2.71. The van der Waals surface area contributed by atoms with Crippen LogP contribution in [0.2, 0.25) is 0 Å². The van der Waals surface area contributed by atoms with Crippen molar-refractivity contribution in [2.45, 2.75) is 39.5 Å². The molecule has 0 saturated carbocycles. The molecule has 0 fully saturated rings. The molecule has 0 aromatic rings. The quantitative estimate of drug-likeness (QED) is 0.314. The Hall–Kier alpha value is -1.18. The van der Waals surface area contributed by atoms with Crippen LogP contribution < -0.4 is 0 Å². The molecule has 7 nitrogen and oxygen atoms in total. The maximum Gasteiger partial charge on any atom is 0.332 e. The molecule has 0 bridgehead atoms. The van der Waals surface area contributed by atoms with Gasteiger partial charge in [0.25, 0.3) is 0 Å². The number of hydrogen-bond acceptors (Lipinski definition) is 7. The first-order valence-electron chi connectivity index (χ1n) is 8.25. The summed E-state index contributed by atoms with van der Waals surface area (Å²) in [4.78, 5) is 22.6. The molecule has 23 heavy (non-hydrogen) atoms. The second-order valence-electron chi connectivity index (χ2n) is 4.87. The van der Waals surface area contributed by atoms with Gasteiger partial charge in [-0.15, -0.1) is 0 Å². The molecule has 0 unspecified atom stereocenters. The summed E-state index contributed by atoms with van der Waals surface area (Å²) in [6.45, 7) is 6.02.